The summed E-state index contributed by atoms with van der Waals surface area (Å²) < 4.78 is 31.8. The van der Waals surface area contributed by atoms with E-state index in [2.05, 4.69) is 5.32 Å². The number of carbonyl (C=O) groups is 2. The molecular weight excluding hydrogens is 586 g/mol. The summed E-state index contributed by atoms with van der Waals surface area (Å²) in [4.78, 5) is 29.3. The number of ether oxygens (including phenoxy) is 1. The molecule has 2 atom stereocenters. The zero-order valence-electron chi connectivity index (χ0n) is 25.5. The maximum Gasteiger partial charge on any atom is 0.243 e. The molecule has 232 valence electrons. The van der Waals surface area contributed by atoms with Gasteiger partial charge >= 0.3 is 0 Å². The van der Waals surface area contributed by atoms with Crippen LogP contribution in [0.15, 0.2) is 72.8 Å². The second-order valence-corrected chi connectivity index (χ2v) is 13.1. The van der Waals surface area contributed by atoms with Crippen LogP contribution < -0.4 is 14.4 Å². The molecule has 0 saturated heterocycles. The summed E-state index contributed by atoms with van der Waals surface area (Å²) in [7, 11) is -2.18. The van der Waals surface area contributed by atoms with E-state index >= 15 is 0 Å². The standard InChI is InChI=1S/C33H42ClN3O5S/c1-6-25(3)35-33(39)30(21-26-11-8-7-9-12-26)36(23-27-16-14-24(2)15-17-27)32(38)13-10-20-37(43(5,40)41)28-18-19-31(42-4)29(34)22-28/h7-9,11-12,14-19,22,25,30H,6,10,13,20-21,23H2,1-5H3,(H,35,39)/t25-,30+/m0/s1. The SMILES string of the molecule is CC[C@H](C)NC(=O)[C@@H](Cc1ccccc1)N(Cc1ccc(C)cc1)C(=O)CCCN(c1ccc(OC)c(Cl)c1)S(C)(=O)=O. The molecule has 0 unspecified atom stereocenters. The van der Waals surface area contributed by atoms with E-state index < -0.39 is 16.1 Å². The molecule has 8 nitrogen and oxygen atoms in total. The molecule has 0 aliphatic carbocycles. The van der Waals surface area contributed by atoms with Crippen LogP contribution >= 0.6 is 11.6 Å². The summed E-state index contributed by atoms with van der Waals surface area (Å²) >= 11 is 6.27. The maximum absolute atomic E-state index is 14.0. The molecule has 10 heteroatoms. The van der Waals surface area contributed by atoms with Crippen LogP contribution in [0.4, 0.5) is 5.69 Å². The van der Waals surface area contributed by atoms with Gasteiger partial charge in [0.2, 0.25) is 21.8 Å². The smallest absolute Gasteiger partial charge is 0.243 e. The monoisotopic (exact) mass is 627 g/mol. The lowest BCUT2D eigenvalue weighted by Gasteiger charge is -2.32. The Morgan fingerprint density at radius 3 is 2.26 bits per heavy atom. The third kappa shape index (κ3) is 10.0. The number of aryl methyl sites for hydroxylation is 1. The van der Waals surface area contributed by atoms with Gasteiger partial charge in [0.05, 0.1) is 24.1 Å². The van der Waals surface area contributed by atoms with Crippen LogP contribution in [0.5, 0.6) is 5.75 Å². The fourth-order valence-electron chi connectivity index (χ4n) is 4.70. The number of nitrogens with one attached hydrogen (secondary N) is 1. The number of methoxy groups -OCH3 is 1. The minimum atomic E-state index is -3.67. The fourth-order valence-corrected chi connectivity index (χ4v) is 5.91. The fraction of sp³-hybridized carbons (Fsp3) is 0.394. The van der Waals surface area contributed by atoms with Crippen LogP contribution in [0.3, 0.4) is 0 Å². The second kappa shape index (κ2) is 15.8. The van der Waals surface area contributed by atoms with Crippen molar-refractivity contribution in [3.05, 3.63) is 94.5 Å². The van der Waals surface area contributed by atoms with E-state index in [1.165, 1.54) is 17.5 Å². The topological polar surface area (TPSA) is 96.0 Å². The molecular formula is C33H42ClN3O5S. The molecule has 2 amide bonds. The predicted octanol–water partition coefficient (Wildman–Crippen LogP) is 5.76. The number of benzene rings is 3. The van der Waals surface area contributed by atoms with E-state index in [4.69, 9.17) is 16.3 Å². The van der Waals surface area contributed by atoms with Crippen LogP contribution in [0, 0.1) is 6.92 Å². The molecule has 3 aromatic carbocycles. The Bertz CT molecular complexity index is 1470. The van der Waals surface area contributed by atoms with Gasteiger partial charge in [0.15, 0.2) is 0 Å². The molecule has 1 N–H and O–H groups in total. The van der Waals surface area contributed by atoms with Gasteiger partial charge < -0.3 is 15.0 Å². The molecule has 0 saturated carbocycles. The molecule has 43 heavy (non-hydrogen) atoms. The van der Waals surface area contributed by atoms with Gasteiger partial charge in [0, 0.05) is 32.0 Å². The number of carbonyl (C=O) groups excluding carboxylic acids is 2. The number of hydrogen-bond donors (Lipinski definition) is 1. The molecule has 3 aromatic rings. The van der Waals surface area contributed by atoms with Crippen molar-refractivity contribution in [1.82, 2.24) is 10.2 Å². The van der Waals surface area contributed by atoms with E-state index in [-0.39, 0.29) is 48.8 Å². The first-order valence-electron chi connectivity index (χ1n) is 14.4. The Morgan fingerprint density at radius 2 is 1.67 bits per heavy atom. The van der Waals surface area contributed by atoms with Crippen molar-refractivity contribution in [3.8, 4) is 5.75 Å². The Labute approximate surface area is 261 Å². The summed E-state index contributed by atoms with van der Waals surface area (Å²) in [5, 5.41) is 3.35. The third-order valence-corrected chi connectivity index (χ3v) is 8.81. The summed E-state index contributed by atoms with van der Waals surface area (Å²) in [6.07, 6.45) is 2.51. The van der Waals surface area contributed by atoms with Gasteiger partial charge in [-0.1, -0.05) is 78.7 Å². The van der Waals surface area contributed by atoms with Crippen molar-refractivity contribution in [2.45, 2.75) is 65.1 Å². The van der Waals surface area contributed by atoms with Gasteiger partial charge in [-0.3, -0.25) is 13.9 Å². The number of amides is 2. The number of halogens is 1. The van der Waals surface area contributed by atoms with Crippen LogP contribution in [0.25, 0.3) is 0 Å². The zero-order valence-corrected chi connectivity index (χ0v) is 27.1. The lowest BCUT2D eigenvalue weighted by atomic mass is 10.0. The molecule has 0 heterocycles. The normalized spacial score (nSPS) is 12.7. The average Bonchev–Trinajstić information content (AvgIpc) is 2.97. The molecule has 0 aliphatic heterocycles. The highest BCUT2D eigenvalue weighted by Gasteiger charge is 2.31. The third-order valence-electron chi connectivity index (χ3n) is 7.32. The zero-order chi connectivity index (χ0) is 31.6. The first-order valence-corrected chi connectivity index (χ1v) is 16.7. The molecule has 0 bridgehead atoms. The minimum Gasteiger partial charge on any atom is -0.495 e. The second-order valence-electron chi connectivity index (χ2n) is 10.8. The summed E-state index contributed by atoms with van der Waals surface area (Å²) in [6, 6.07) is 21.5. The van der Waals surface area contributed by atoms with Crippen molar-refractivity contribution in [2.75, 3.05) is 24.2 Å². The maximum atomic E-state index is 14.0. The first-order chi connectivity index (χ1) is 20.4. The average molecular weight is 628 g/mol. The summed E-state index contributed by atoms with van der Waals surface area (Å²) in [6.45, 7) is 6.24. The van der Waals surface area contributed by atoms with Gasteiger partial charge in [0.25, 0.3) is 0 Å². The largest absolute Gasteiger partial charge is 0.495 e. The Balaban J connectivity index is 1.89. The predicted molar refractivity (Wildman–Crippen MR) is 173 cm³/mol. The summed E-state index contributed by atoms with van der Waals surface area (Å²) in [5.74, 6) is -0.0211. The van der Waals surface area contributed by atoms with E-state index in [1.807, 2.05) is 75.4 Å². The van der Waals surface area contributed by atoms with Crippen molar-refractivity contribution < 1.29 is 22.7 Å². The van der Waals surface area contributed by atoms with Gasteiger partial charge in [0.1, 0.15) is 11.8 Å². The molecule has 3 rings (SSSR count). The lowest BCUT2D eigenvalue weighted by Crippen LogP contribution is -2.52. The van der Waals surface area contributed by atoms with Gasteiger partial charge in [-0.05, 0) is 56.0 Å². The van der Waals surface area contributed by atoms with Crippen LogP contribution in [-0.2, 0) is 32.6 Å². The van der Waals surface area contributed by atoms with Gasteiger partial charge in [-0.15, -0.1) is 0 Å². The molecule has 0 aromatic heterocycles. The minimum absolute atomic E-state index is 0.0453. The number of anilines is 1. The highest BCUT2D eigenvalue weighted by molar-refractivity contribution is 7.92. The number of nitrogens with zero attached hydrogens (tertiary/aromatic N) is 2. The van der Waals surface area contributed by atoms with E-state index in [9.17, 15) is 18.0 Å². The molecule has 0 fully saturated rings. The molecule has 0 radical (unpaired) electrons. The van der Waals surface area contributed by atoms with Crippen molar-refractivity contribution in [1.29, 1.82) is 0 Å². The highest BCUT2D eigenvalue weighted by Crippen LogP contribution is 2.30. The van der Waals surface area contributed by atoms with Crippen molar-refractivity contribution in [3.63, 3.8) is 0 Å². The van der Waals surface area contributed by atoms with E-state index in [0.717, 1.165) is 29.4 Å². The van der Waals surface area contributed by atoms with Crippen molar-refractivity contribution in [2.24, 2.45) is 0 Å². The number of rotatable bonds is 15. The highest BCUT2D eigenvalue weighted by atomic mass is 35.5. The Hall–Kier alpha value is -3.56. The van der Waals surface area contributed by atoms with Crippen LogP contribution in [0.1, 0.15) is 49.8 Å². The van der Waals surface area contributed by atoms with Crippen molar-refractivity contribution >= 4 is 39.1 Å². The van der Waals surface area contributed by atoms with E-state index in [0.29, 0.717) is 17.9 Å². The Morgan fingerprint density at radius 1 is 1.00 bits per heavy atom. The first kappa shape index (κ1) is 33.9. The lowest BCUT2D eigenvalue weighted by molar-refractivity contribution is -0.141. The number of hydrogen-bond acceptors (Lipinski definition) is 5. The van der Waals surface area contributed by atoms with E-state index in [1.54, 1.807) is 17.0 Å². The van der Waals surface area contributed by atoms with Crippen LogP contribution in [0.2, 0.25) is 5.02 Å². The summed E-state index contributed by atoms with van der Waals surface area (Å²) in [5.41, 5.74) is 3.32. The number of sulfonamides is 1. The quantitative estimate of drug-likeness (QED) is 0.231. The van der Waals surface area contributed by atoms with Gasteiger partial charge in [-0.25, -0.2) is 8.42 Å². The van der Waals surface area contributed by atoms with Gasteiger partial charge in [-0.2, -0.15) is 0 Å². The Kier molecular flexibility index (Phi) is 12.5. The molecule has 0 spiro atoms. The van der Waals surface area contributed by atoms with Crippen LogP contribution in [-0.4, -0.2) is 57.1 Å². The molecule has 0 aliphatic rings.